The molecule has 4 N–H and O–H groups in total. The molecule has 1 aromatic heterocycles. The molecule has 0 fully saturated rings. The van der Waals surface area contributed by atoms with E-state index in [1.54, 1.807) is 36.4 Å². The zero-order chi connectivity index (χ0) is 23.0. The molecule has 4 rings (SSSR count). The highest BCUT2D eigenvalue weighted by Crippen LogP contribution is 2.32. The quantitative estimate of drug-likeness (QED) is 0.416. The lowest BCUT2D eigenvalue weighted by atomic mass is 9.92. The summed E-state index contributed by atoms with van der Waals surface area (Å²) in [6.07, 6.45) is -0.205. The van der Waals surface area contributed by atoms with Crippen molar-refractivity contribution in [2.75, 3.05) is 16.0 Å². The van der Waals surface area contributed by atoms with Gasteiger partial charge in [-0.1, -0.05) is 40.9 Å². The summed E-state index contributed by atoms with van der Waals surface area (Å²) in [6, 6.07) is 9.89. The maximum absolute atomic E-state index is 12.9. The monoisotopic (exact) mass is 491 g/mol. The zero-order valence-electron chi connectivity index (χ0n) is 16.6. The SMILES string of the molecule is Cc1ccc(NC(=O)[C@@H]2CC(=O)Nc3nc(Nc4cc(Cl)cc(Cl)c4)[nH]c(=O)c32)c(Cl)c1. The van der Waals surface area contributed by atoms with Gasteiger partial charge in [0.05, 0.1) is 22.2 Å². The molecule has 1 aliphatic heterocycles. The molecule has 2 heterocycles. The number of carbonyl (C=O) groups is 2. The second kappa shape index (κ2) is 8.82. The van der Waals surface area contributed by atoms with E-state index in [0.29, 0.717) is 26.4 Å². The Morgan fingerprint density at radius 2 is 1.81 bits per heavy atom. The van der Waals surface area contributed by atoms with Gasteiger partial charge in [-0.15, -0.1) is 0 Å². The minimum atomic E-state index is -1.04. The Balaban J connectivity index is 1.65. The summed E-state index contributed by atoms with van der Waals surface area (Å²) in [5.41, 5.74) is 1.28. The maximum atomic E-state index is 12.9. The van der Waals surface area contributed by atoms with E-state index in [2.05, 4.69) is 25.9 Å². The van der Waals surface area contributed by atoms with Gasteiger partial charge in [0.15, 0.2) is 0 Å². The van der Waals surface area contributed by atoms with Crippen LogP contribution in [0.4, 0.5) is 23.1 Å². The van der Waals surface area contributed by atoms with Crippen molar-refractivity contribution in [3.63, 3.8) is 0 Å². The summed E-state index contributed by atoms with van der Waals surface area (Å²) in [7, 11) is 0. The second-order valence-corrected chi connectivity index (χ2v) is 8.52. The maximum Gasteiger partial charge on any atom is 0.258 e. The van der Waals surface area contributed by atoms with Gasteiger partial charge in [0, 0.05) is 22.2 Å². The van der Waals surface area contributed by atoms with E-state index in [-0.39, 0.29) is 23.8 Å². The number of hydrogen-bond acceptors (Lipinski definition) is 5. The predicted octanol–water partition coefficient (Wildman–Crippen LogP) is 4.85. The molecule has 0 spiro atoms. The number of aromatic nitrogens is 2. The first kappa shape index (κ1) is 22.1. The Morgan fingerprint density at radius 1 is 1.09 bits per heavy atom. The van der Waals surface area contributed by atoms with Crippen LogP contribution in [0.2, 0.25) is 15.1 Å². The lowest BCUT2D eigenvalue weighted by molar-refractivity contribution is -0.123. The minimum Gasteiger partial charge on any atom is -0.326 e. The number of H-pyrrole nitrogens is 1. The molecule has 3 aromatic rings. The molecule has 11 heteroatoms. The molecule has 0 aliphatic carbocycles. The van der Waals surface area contributed by atoms with Crippen LogP contribution in [-0.4, -0.2) is 21.8 Å². The fourth-order valence-electron chi connectivity index (χ4n) is 3.36. The van der Waals surface area contributed by atoms with Crippen LogP contribution in [0.1, 0.15) is 23.5 Å². The third-order valence-corrected chi connectivity index (χ3v) is 5.52. The first-order chi connectivity index (χ1) is 15.2. The van der Waals surface area contributed by atoms with E-state index < -0.39 is 23.3 Å². The lowest BCUT2D eigenvalue weighted by Gasteiger charge is -2.24. The standard InChI is InChI=1S/C21H16Cl3N5O3/c1-9-2-3-15(14(24)4-9)26-19(31)13-8-16(30)27-18-17(13)20(32)29-21(28-18)25-12-6-10(22)5-11(23)7-12/h2-7,13H,8H2,1H3,(H,26,31)(H3,25,27,28,29,30,32)/t13-/m1/s1. The number of nitrogens with one attached hydrogen (secondary N) is 4. The Bertz CT molecular complexity index is 1290. The number of aryl methyl sites for hydroxylation is 1. The number of anilines is 4. The van der Waals surface area contributed by atoms with Crippen LogP contribution < -0.4 is 21.5 Å². The minimum absolute atomic E-state index is 0.00391. The van der Waals surface area contributed by atoms with E-state index in [1.165, 1.54) is 0 Å². The summed E-state index contributed by atoms with van der Waals surface area (Å²) in [5, 5.41) is 9.25. The molecular weight excluding hydrogens is 477 g/mol. The summed E-state index contributed by atoms with van der Waals surface area (Å²) in [4.78, 5) is 44.9. The molecule has 0 unspecified atom stereocenters. The summed E-state index contributed by atoms with van der Waals surface area (Å²) < 4.78 is 0. The van der Waals surface area contributed by atoms with E-state index >= 15 is 0 Å². The van der Waals surface area contributed by atoms with Crippen molar-refractivity contribution < 1.29 is 9.59 Å². The van der Waals surface area contributed by atoms with Crippen molar-refractivity contribution in [3.8, 4) is 0 Å². The van der Waals surface area contributed by atoms with Crippen molar-refractivity contribution in [2.45, 2.75) is 19.3 Å². The zero-order valence-corrected chi connectivity index (χ0v) is 18.8. The van der Waals surface area contributed by atoms with Crippen molar-refractivity contribution in [1.29, 1.82) is 0 Å². The number of benzene rings is 2. The third-order valence-electron chi connectivity index (χ3n) is 4.78. The third kappa shape index (κ3) is 4.72. The molecule has 0 radical (unpaired) electrons. The summed E-state index contributed by atoms with van der Waals surface area (Å²) >= 11 is 18.2. The van der Waals surface area contributed by atoms with Gasteiger partial charge in [0.2, 0.25) is 17.8 Å². The van der Waals surface area contributed by atoms with Gasteiger partial charge in [-0.25, -0.2) is 0 Å². The number of rotatable bonds is 4. The van der Waals surface area contributed by atoms with Crippen LogP contribution in [0, 0.1) is 6.92 Å². The average molecular weight is 493 g/mol. The Hall–Kier alpha value is -3.07. The Kier molecular flexibility index (Phi) is 6.10. The van der Waals surface area contributed by atoms with Gasteiger partial charge >= 0.3 is 0 Å². The van der Waals surface area contributed by atoms with Gasteiger partial charge in [0.25, 0.3) is 5.56 Å². The van der Waals surface area contributed by atoms with Crippen LogP contribution in [0.15, 0.2) is 41.2 Å². The number of carbonyl (C=O) groups excluding carboxylic acids is 2. The molecule has 0 saturated heterocycles. The highest BCUT2D eigenvalue weighted by atomic mass is 35.5. The number of amides is 2. The molecule has 2 amide bonds. The molecule has 2 aromatic carbocycles. The molecule has 32 heavy (non-hydrogen) atoms. The molecule has 1 atom stereocenters. The van der Waals surface area contributed by atoms with E-state index in [0.717, 1.165) is 5.56 Å². The van der Waals surface area contributed by atoms with Gasteiger partial charge in [-0.3, -0.25) is 19.4 Å². The molecule has 0 saturated carbocycles. The van der Waals surface area contributed by atoms with Crippen molar-refractivity contribution in [3.05, 3.63) is 72.9 Å². The first-order valence-corrected chi connectivity index (χ1v) is 10.6. The summed E-state index contributed by atoms with van der Waals surface area (Å²) in [6.45, 7) is 1.87. The van der Waals surface area contributed by atoms with Crippen LogP contribution in [-0.2, 0) is 9.59 Å². The highest BCUT2D eigenvalue weighted by molar-refractivity contribution is 6.35. The van der Waals surface area contributed by atoms with Crippen molar-refractivity contribution >= 4 is 69.8 Å². The molecular formula is C21H16Cl3N5O3. The number of hydrogen-bond donors (Lipinski definition) is 4. The number of fused-ring (bicyclic) bond motifs is 1. The van der Waals surface area contributed by atoms with Gasteiger partial charge in [-0.05, 0) is 42.8 Å². The summed E-state index contributed by atoms with van der Waals surface area (Å²) in [5.74, 6) is -1.98. The Labute approximate surface area is 197 Å². The van der Waals surface area contributed by atoms with Crippen molar-refractivity contribution in [1.82, 2.24) is 9.97 Å². The van der Waals surface area contributed by atoms with Crippen LogP contribution in [0.3, 0.4) is 0 Å². The number of aromatic amines is 1. The molecule has 0 bridgehead atoms. The lowest BCUT2D eigenvalue weighted by Crippen LogP contribution is -2.36. The smallest absolute Gasteiger partial charge is 0.258 e. The first-order valence-electron chi connectivity index (χ1n) is 9.44. The van der Waals surface area contributed by atoms with E-state index in [4.69, 9.17) is 34.8 Å². The van der Waals surface area contributed by atoms with Crippen LogP contribution >= 0.6 is 34.8 Å². The van der Waals surface area contributed by atoms with E-state index in [1.807, 2.05) is 6.92 Å². The number of nitrogens with zero attached hydrogens (tertiary/aromatic N) is 1. The highest BCUT2D eigenvalue weighted by Gasteiger charge is 2.35. The van der Waals surface area contributed by atoms with Gasteiger partial charge in [0.1, 0.15) is 5.82 Å². The van der Waals surface area contributed by atoms with Gasteiger partial charge < -0.3 is 16.0 Å². The van der Waals surface area contributed by atoms with Crippen molar-refractivity contribution in [2.24, 2.45) is 0 Å². The second-order valence-electron chi connectivity index (χ2n) is 7.24. The Morgan fingerprint density at radius 3 is 2.50 bits per heavy atom. The largest absolute Gasteiger partial charge is 0.326 e. The average Bonchev–Trinajstić information content (AvgIpc) is 2.68. The normalized spacial score (nSPS) is 15.0. The molecule has 1 aliphatic rings. The predicted molar refractivity (Wildman–Crippen MR) is 125 cm³/mol. The fraction of sp³-hybridized carbons (Fsp3) is 0.143. The molecule has 8 nitrogen and oxygen atoms in total. The van der Waals surface area contributed by atoms with Crippen LogP contribution in [0.25, 0.3) is 0 Å². The number of halogens is 3. The van der Waals surface area contributed by atoms with Crippen LogP contribution in [0.5, 0.6) is 0 Å². The van der Waals surface area contributed by atoms with Gasteiger partial charge in [-0.2, -0.15) is 4.98 Å². The molecule has 164 valence electrons. The van der Waals surface area contributed by atoms with E-state index in [9.17, 15) is 14.4 Å². The fourth-order valence-corrected chi connectivity index (χ4v) is 4.17. The topological polar surface area (TPSA) is 116 Å².